The van der Waals surface area contributed by atoms with E-state index in [2.05, 4.69) is 117 Å². The third-order valence-corrected chi connectivity index (χ3v) is 24.9. The van der Waals surface area contributed by atoms with E-state index in [9.17, 15) is 0 Å². The van der Waals surface area contributed by atoms with Crippen molar-refractivity contribution >= 4 is 32.3 Å². The molecule has 2 aromatic carbocycles. The van der Waals surface area contributed by atoms with Gasteiger partial charge in [0, 0.05) is 16.1 Å². The Morgan fingerprint density at radius 3 is 1.03 bits per heavy atom. The van der Waals surface area contributed by atoms with Gasteiger partial charge < -0.3 is 0 Å². The van der Waals surface area contributed by atoms with Crippen molar-refractivity contribution in [1.29, 1.82) is 0 Å². The molecule has 1 fully saturated rings. The molecule has 0 N–H and O–H groups in total. The summed E-state index contributed by atoms with van der Waals surface area (Å²) in [4.78, 5) is 0. The van der Waals surface area contributed by atoms with Gasteiger partial charge in [-0.05, 0) is 106 Å². The molecule has 0 amide bonds. The monoisotopic (exact) mass is 576 g/mol. The number of benzene rings is 2. The van der Waals surface area contributed by atoms with Gasteiger partial charge in [0.25, 0.3) is 0 Å². The maximum absolute atomic E-state index is 2.87. The van der Waals surface area contributed by atoms with Gasteiger partial charge in [-0.25, -0.2) is 0 Å². The number of hydrogen-bond donors (Lipinski definition) is 0. The zero-order valence-corrected chi connectivity index (χ0v) is 31.2. The molecule has 0 bridgehead atoms. The molecule has 1 aliphatic heterocycles. The summed E-state index contributed by atoms with van der Waals surface area (Å²) >= 11 is 0. The zero-order valence-electron chi connectivity index (χ0n) is 27.2. The van der Waals surface area contributed by atoms with Gasteiger partial charge in [0.15, 0.2) is 0 Å². The molecule has 0 nitrogen and oxygen atoms in total. The van der Waals surface area contributed by atoms with Crippen LogP contribution in [0.25, 0.3) is 0 Å². The van der Waals surface area contributed by atoms with Crippen LogP contribution in [0.3, 0.4) is 0 Å². The van der Waals surface area contributed by atoms with Crippen LogP contribution in [0.15, 0.2) is 24.3 Å². The second kappa shape index (κ2) is 8.90. The van der Waals surface area contributed by atoms with Gasteiger partial charge in [-0.1, -0.05) is 102 Å². The Morgan fingerprint density at radius 1 is 0.500 bits per heavy atom. The van der Waals surface area contributed by atoms with Crippen molar-refractivity contribution in [2.24, 2.45) is 0 Å². The van der Waals surface area contributed by atoms with E-state index in [-0.39, 0.29) is 0 Å². The van der Waals surface area contributed by atoms with Crippen LogP contribution < -0.4 is 0 Å². The predicted molar refractivity (Wildman–Crippen MR) is 182 cm³/mol. The molecule has 3 aliphatic rings. The fourth-order valence-electron chi connectivity index (χ4n) is 9.97. The minimum atomic E-state index is -1.67. The van der Waals surface area contributed by atoms with Crippen LogP contribution in [0.1, 0.15) is 67.4 Å². The van der Waals surface area contributed by atoms with Crippen LogP contribution in [-0.4, -0.2) is 32.3 Å². The summed E-state index contributed by atoms with van der Waals surface area (Å²) in [5.41, 5.74) is 16.9. The first-order chi connectivity index (χ1) is 17.3. The van der Waals surface area contributed by atoms with E-state index in [0.29, 0.717) is 0 Å². The van der Waals surface area contributed by atoms with Crippen molar-refractivity contribution in [2.45, 2.75) is 139 Å². The summed E-state index contributed by atoms with van der Waals surface area (Å²) in [6.45, 7) is 36.7. The Hall–Kier alpha value is -0.692. The first-order valence-electron chi connectivity index (χ1n) is 15.5. The first kappa shape index (κ1) is 28.8. The van der Waals surface area contributed by atoms with E-state index >= 15 is 0 Å². The van der Waals surface area contributed by atoms with Gasteiger partial charge in [-0.2, -0.15) is 0 Å². The molecule has 2 aliphatic carbocycles. The molecule has 0 spiro atoms. The number of aryl methyl sites for hydroxylation is 4. The van der Waals surface area contributed by atoms with Gasteiger partial charge in [-0.3, -0.25) is 0 Å². The SMILES string of the molecule is Cc1cc2c(cc1C)C1C(C2C[Si](C)(C)C)[Si](C)(C)C2c3cc(C)c(C)cc3C(C[Si](C)(C)C)C2[Si]1(C)C. The quantitative estimate of drug-likeness (QED) is 0.317. The van der Waals surface area contributed by atoms with Crippen molar-refractivity contribution < 1.29 is 0 Å². The lowest BCUT2D eigenvalue weighted by Crippen LogP contribution is -2.60. The molecular weight excluding hydrogens is 521 g/mol. The normalized spacial score (nSPS) is 31.0. The maximum Gasteiger partial charge on any atom is 0.0591 e. The minimum Gasteiger partial charge on any atom is -0.0695 e. The Kier molecular flexibility index (Phi) is 6.75. The molecule has 6 atom stereocenters. The van der Waals surface area contributed by atoms with Crippen LogP contribution in [-0.2, 0) is 0 Å². The highest BCUT2D eigenvalue weighted by Gasteiger charge is 2.68. The second-order valence-electron chi connectivity index (χ2n) is 17.5. The van der Waals surface area contributed by atoms with Gasteiger partial charge >= 0.3 is 0 Å². The molecule has 0 aromatic heterocycles. The van der Waals surface area contributed by atoms with E-state index in [1.807, 2.05) is 11.1 Å². The smallest absolute Gasteiger partial charge is 0.0591 e. The van der Waals surface area contributed by atoms with Gasteiger partial charge in [0.05, 0.1) is 16.1 Å². The van der Waals surface area contributed by atoms with E-state index in [0.717, 1.165) is 34.0 Å². The van der Waals surface area contributed by atoms with Crippen LogP contribution in [0.4, 0.5) is 0 Å². The summed E-state index contributed by atoms with van der Waals surface area (Å²) < 4.78 is 0. The van der Waals surface area contributed by atoms with Crippen LogP contribution in [0.5, 0.6) is 0 Å². The molecule has 38 heavy (non-hydrogen) atoms. The van der Waals surface area contributed by atoms with E-state index in [1.165, 1.54) is 34.3 Å². The van der Waals surface area contributed by atoms with Crippen molar-refractivity contribution in [1.82, 2.24) is 0 Å². The highest BCUT2D eigenvalue weighted by atomic mass is 28.3. The molecule has 6 unspecified atom stereocenters. The molecular formula is C34H56Si4. The van der Waals surface area contributed by atoms with Gasteiger partial charge in [-0.15, -0.1) is 0 Å². The maximum atomic E-state index is 2.87. The number of fused-ring (bicyclic) bond motifs is 6. The highest BCUT2D eigenvalue weighted by molar-refractivity contribution is 6.92. The second-order valence-corrected chi connectivity index (χ2v) is 38.4. The lowest BCUT2D eigenvalue weighted by atomic mass is 9.98. The molecule has 2 aromatic rings. The molecule has 4 heteroatoms. The topological polar surface area (TPSA) is 0 Å². The molecule has 1 heterocycles. The fraction of sp³-hybridized carbons (Fsp3) is 0.647. The van der Waals surface area contributed by atoms with E-state index in [1.54, 1.807) is 11.1 Å². The highest BCUT2D eigenvalue weighted by Crippen LogP contribution is 2.74. The summed E-state index contributed by atoms with van der Waals surface area (Å²) in [6, 6.07) is 13.7. The number of hydrogen-bond acceptors (Lipinski definition) is 0. The summed E-state index contributed by atoms with van der Waals surface area (Å²) in [5.74, 6) is 1.59. The van der Waals surface area contributed by atoms with Crippen molar-refractivity contribution in [3.05, 3.63) is 68.8 Å². The Labute approximate surface area is 239 Å². The van der Waals surface area contributed by atoms with E-state index in [4.69, 9.17) is 0 Å². The summed E-state index contributed by atoms with van der Waals surface area (Å²) in [5, 5.41) is 0. The summed E-state index contributed by atoms with van der Waals surface area (Å²) in [6.07, 6.45) is 0. The van der Waals surface area contributed by atoms with Crippen LogP contribution >= 0.6 is 0 Å². The Bertz CT molecular complexity index is 1170. The molecule has 0 radical (unpaired) electrons. The van der Waals surface area contributed by atoms with Crippen molar-refractivity contribution in [3.63, 3.8) is 0 Å². The fourth-order valence-corrected chi connectivity index (χ4v) is 29.2. The molecule has 5 rings (SSSR count). The first-order valence-corrected chi connectivity index (χ1v) is 29.2. The third kappa shape index (κ3) is 4.39. The van der Waals surface area contributed by atoms with Crippen LogP contribution in [0, 0.1) is 27.7 Å². The van der Waals surface area contributed by atoms with E-state index < -0.39 is 32.3 Å². The Morgan fingerprint density at radius 2 is 0.763 bits per heavy atom. The van der Waals surface area contributed by atoms with Crippen molar-refractivity contribution in [3.8, 4) is 0 Å². The number of rotatable bonds is 4. The van der Waals surface area contributed by atoms with Gasteiger partial charge in [0.2, 0.25) is 0 Å². The Balaban J connectivity index is 1.79. The third-order valence-electron chi connectivity index (χ3n) is 11.4. The van der Waals surface area contributed by atoms with Crippen LogP contribution in [0.2, 0.25) is 88.6 Å². The lowest BCUT2D eigenvalue weighted by molar-refractivity contribution is 0.578. The molecule has 208 valence electrons. The molecule has 1 saturated heterocycles. The average molecular weight is 577 g/mol. The minimum absolute atomic E-state index is 0.793. The summed E-state index contributed by atoms with van der Waals surface area (Å²) in [7, 11) is -5.80. The zero-order chi connectivity index (χ0) is 28.3. The molecule has 0 saturated carbocycles. The average Bonchev–Trinajstić information content (AvgIpc) is 3.21. The lowest BCUT2D eigenvalue weighted by Gasteiger charge is -2.58. The van der Waals surface area contributed by atoms with Crippen molar-refractivity contribution in [2.75, 3.05) is 0 Å². The van der Waals surface area contributed by atoms with Gasteiger partial charge in [0.1, 0.15) is 0 Å². The predicted octanol–water partition coefficient (Wildman–Crippen LogP) is 10.9. The largest absolute Gasteiger partial charge is 0.0695 e. The standard InChI is InChI=1S/C34H56Si4/c1-21-15-25-27(17-23(21)3)31-33(29(25)19-35(5,6)7)38(13,14)32-28-18-24(4)22(2)16-26(28)30(20-36(8,9)10)34(32)37(31,11)12/h15-18,29-34H,19-20H2,1-14H3.